The molecule has 13 heteroatoms. The van der Waals surface area contributed by atoms with Crippen LogP contribution in [0.1, 0.15) is 26.7 Å². The Morgan fingerprint density at radius 2 is 1.14 bits per heavy atom. The highest BCUT2D eigenvalue weighted by atomic mass is 31.2. The van der Waals surface area contributed by atoms with Crippen molar-refractivity contribution in [3.63, 3.8) is 0 Å². The summed E-state index contributed by atoms with van der Waals surface area (Å²) in [5.74, 6) is -1.46. The minimum atomic E-state index is -4.38. The van der Waals surface area contributed by atoms with E-state index in [1.807, 2.05) is 0 Å². The van der Waals surface area contributed by atoms with Gasteiger partial charge in [-0.15, -0.1) is 0 Å². The monoisotopic (exact) mass is 458 g/mol. The van der Waals surface area contributed by atoms with E-state index in [1.54, 1.807) is 0 Å². The average molecular weight is 458 g/mol. The number of hydrogen-bond donors (Lipinski definition) is 4. The third-order valence-corrected chi connectivity index (χ3v) is 5.05. The zero-order valence-electron chi connectivity index (χ0n) is 16.4. The van der Waals surface area contributed by atoms with Gasteiger partial charge in [-0.3, -0.25) is 9.13 Å². The molecule has 0 fully saturated rings. The maximum atomic E-state index is 11.6. The molecule has 0 unspecified atom stereocenters. The number of esters is 2. The van der Waals surface area contributed by atoms with E-state index in [4.69, 9.17) is 33.8 Å². The summed E-state index contributed by atoms with van der Waals surface area (Å²) in [5, 5.41) is 0. The first-order chi connectivity index (χ1) is 13.1. The second kappa shape index (κ2) is 12.4. The minimum absolute atomic E-state index is 0.113. The lowest BCUT2D eigenvalue weighted by Gasteiger charge is -2.25. The van der Waals surface area contributed by atoms with E-state index in [1.165, 1.54) is 13.8 Å². The number of hydrogen-bond acceptors (Lipinski definition) is 7. The first-order valence-corrected chi connectivity index (χ1v) is 12.1. The van der Waals surface area contributed by atoms with Gasteiger partial charge in [-0.1, -0.05) is 13.2 Å². The van der Waals surface area contributed by atoms with Crippen LogP contribution in [-0.4, -0.2) is 69.3 Å². The van der Waals surface area contributed by atoms with E-state index in [0.29, 0.717) is 0 Å². The van der Waals surface area contributed by atoms with Crippen LogP contribution in [0.2, 0.25) is 0 Å². The van der Waals surface area contributed by atoms with Crippen LogP contribution in [0.25, 0.3) is 0 Å². The Morgan fingerprint density at radius 3 is 1.41 bits per heavy atom. The van der Waals surface area contributed by atoms with Crippen LogP contribution in [0.4, 0.5) is 0 Å². The highest BCUT2D eigenvalue weighted by molar-refractivity contribution is 7.52. The van der Waals surface area contributed by atoms with Gasteiger partial charge in [0.15, 0.2) is 0 Å². The first-order valence-electron chi connectivity index (χ1n) is 8.50. The van der Waals surface area contributed by atoms with Crippen molar-refractivity contribution in [2.75, 3.05) is 25.5 Å². The highest BCUT2D eigenvalue weighted by Gasteiger charge is 2.26. The van der Waals surface area contributed by atoms with Gasteiger partial charge in [0, 0.05) is 11.1 Å². The molecule has 0 amide bonds. The summed E-state index contributed by atoms with van der Waals surface area (Å²) in [7, 11) is -8.77. The van der Waals surface area contributed by atoms with E-state index < -0.39 is 51.7 Å². The van der Waals surface area contributed by atoms with Gasteiger partial charge in [0.05, 0.1) is 18.4 Å². The van der Waals surface area contributed by atoms with Crippen molar-refractivity contribution in [2.24, 2.45) is 0 Å². The van der Waals surface area contributed by atoms with Crippen molar-refractivity contribution in [1.29, 1.82) is 0 Å². The third-order valence-electron chi connectivity index (χ3n) is 3.37. The van der Waals surface area contributed by atoms with Gasteiger partial charge in [-0.25, -0.2) is 9.59 Å². The SMILES string of the molecule is C=C(C)C(=O)OCC(COC(=O)C(=C)C)OC(CCP(=O)(O)O)CCP(=O)(O)O. The normalized spacial score (nSPS) is 12.1. The van der Waals surface area contributed by atoms with Crippen molar-refractivity contribution in [3.05, 3.63) is 24.3 Å². The van der Waals surface area contributed by atoms with Gasteiger partial charge >= 0.3 is 27.1 Å². The molecule has 4 N–H and O–H groups in total. The van der Waals surface area contributed by atoms with E-state index in [9.17, 15) is 18.7 Å². The fourth-order valence-corrected chi connectivity index (χ4v) is 3.14. The summed E-state index contributed by atoms with van der Waals surface area (Å²) < 4.78 is 37.8. The van der Waals surface area contributed by atoms with Crippen molar-refractivity contribution >= 4 is 27.1 Å². The summed E-state index contributed by atoms with van der Waals surface area (Å²) in [4.78, 5) is 59.4. The van der Waals surface area contributed by atoms with Gasteiger partial charge in [0.2, 0.25) is 0 Å². The van der Waals surface area contributed by atoms with Crippen LogP contribution in [0, 0.1) is 0 Å². The van der Waals surface area contributed by atoms with Gasteiger partial charge in [0.1, 0.15) is 19.3 Å². The van der Waals surface area contributed by atoms with Crippen molar-refractivity contribution in [2.45, 2.75) is 38.9 Å². The Hall–Kier alpha value is -1.32. The van der Waals surface area contributed by atoms with Crippen molar-refractivity contribution in [3.8, 4) is 0 Å². The predicted octanol–water partition coefficient (Wildman–Crippen LogP) is 1.11. The van der Waals surface area contributed by atoms with E-state index in [-0.39, 0.29) is 37.2 Å². The van der Waals surface area contributed by atoms with E-state index in [0.717, 1.165) is 0 Å². The third kappa shape index (κ3) is 15.2. The first kappa shape index (κ1) is 27.7. The molecule has 0 radical (unpaired) electrons. The lowest BCUT2D eigenvalue weighted by molar-refractivity contribution is -0.154. The molecule has 0 heterocycles. The molecule has 11 nitrogen and oxygen atoms in total. The molecule has 0 aliphatic heterocycles. The van der Waals surface area contributed by atoms with Crippen LogP contribution in [-0.2, 0) is 32.9 Å². The van der Waals surface area contributed by atoms with Gasteiger partial charge in [-0.2, -0.15) is 0 Å². The predicted molar refractivity (Wildman–Crippen MR) is 103 cm³/mol. The maximum Gasteiger partial charge on any atom is 0.333 e. The Labute approximate surface area is 169 Å². The van der Waals surface area contributed by atoms with E-state index in [2.05, 4.69) is 13.2 Å². The molecule has 0 atom stereocenters. The molecular formula is C16H28O11P2. The number of rotatable bonds is 14. The molecule has 0 saturated carbocycles. The number of ether oxygens (including phenoxy) is 3. The van der Waals surface area contributed by atoms with E-state index >= 15 is 0 Å². The maximum absolute atomic E-state index is 11.6. The zero-order chi connectivity index (χ0) is 22.8. The molecule has 0 bridgehead atoms. The Morgan fingerprint density at radius 1 is 0.793 bits per heavy atom. The molecular weight excluding hydrogens is 430 g/mol. The molecule has 0 aromatic carbocycles. The van der Waals surface area contributed by atoms with Crippen molar-refractivity contribution < 1.29 is 52.5 Å². The van der Waals surface area contributed by atoms with Crippen LogP contribution >= 0.6 is 15.2 Å². The minimum Gasteiger partial charge on any atom is -0.459 e. The Bertz CT molecular complexity index is 635. The summed E-state index contributed by atoms with van der Waals surface area (Å²) in [6.45, 7) is 8.92. The van der Waals surface area contributed by atoms with Crippen LogP contribution in [0.15, 0.2) is 24.3 Å². The molecule has 0 saturated heterocycles. The molecule has 0 spiro atoms. The molecule has 168 valence electrons. The van der Waals surface area contributed by atoms with Crippen molar-refractivity contribution in [1.82, 2.24) is 0 Å². The summed E-state index contributed by atoms with van der Waals surface area (Å²) in [6.07, 6.45) is -3.63. The summed E-state index contributed by atoms with van der Waals surface area (Å²) >= 11 is 0. The topological polar surface area (TPSA) is 177 Å². The van der Waals surface area contributed by atoms with Crippen LogP contribution in [0.5, 0.6) is 0 Å². The quantitative estimate of drug-likeness (QED) is 0.167. The molecule has 0 rings (SSSR count). The Kier molecular flexibility index (Phi) is 11.8. The Balaban J connectivity index is 5.21. The summed E-state index contributed by atoms with van der Waals surface area (Å²) in [5.41, 5.74) is 0.226. The van der Waals surface area contributed by atoms with Gasteiger partial charge < -0.3 is 33.8 Å². The van der Waals surface area contributed by atoms with Crippen LogP contribution in [0.3, 0.4) is 0 Å². The average Bonchev–Trinajstić information content (AvgIpc) is 2.56. The smallest absolute Gasteiger partial charge is 0.333 e. The molecule has 0 aromatic heterocycles. The molecule has 0 aliphatic rings. The standard InChI is InChI=1S/C16H28O11P2/c1-11(2)15(17)25-9-14(10-26-16(18)12(3)4)27-13(5-7-28(19,20)21)6-8-29(22,23)24/h13-14H,1,3,5-10H2,2,4H3,(H2,19,20,21)(H2,22,23,24). The largest absolute Gasteiger partial charge is 0.459 e. The molecule has 29 heavy (non-hydrogen) atoms. The fourth-order valence-electron chi connectivity index (χ4n) is 1.89. The second-order valence-electron chi connectivity index (χ2n) is 6.49. The lowest BCUT2D eigenvalue weighted by Crippen LogP contribution is -2.33. The summed E-state index contributed by atoms with van der Waals surface area (Å²) in [6, 6.07) is 0. The van der Waals surface area contributed by atoms with Gasteiger partial charge in [0.25, 0.3) is 0 Å². The van der Waals surface area contributed by atoms with Crippen LogP contribution < -0.4 is 0 Å². The fraction of sp³-hybridized carbons (Fsp3) is 0.625. The number of carbonyl (C=O) groups excluding carboxylic acids is 2. The lowest BCUT2D eigenvalue weighted by atomic mass is 10.2. The van der Waals surface area contributed by atoms with Gasteiger partial charge in [-0.05, 0) is 26.7 Å². The molecule has 0 aromatic rings. The molecule has 0 aliphatic carbocycles. The second-order valence-corrected chi connectivity index (χ2v) is 10.0. The zero-order valence-corrected chi connectivity index (χ0v) is 18.1. The highest BCUT2D eigenvalue weighted by Crippen LogP contribution is 2.39. The number of carbonyl (C=O) groups is 2.